The standard InChI is InChI=1S/C18H17NO4S/c1-14(20)16-7-11-18(12-8-16)24(21,22)19-13-3-4-15-5-9-17(23-2)10-6-15/h5-12,19H,13H2,1-2H3. The van der Waals surface area contributed by atoms with Gasteiger partial charge in [-0.3, -0.25) is 4.79 Å². The molecule has 0 saturated carbocycles. The summed E-state index contributed by atoms with van der Waals surface area (Å²) >= 11 is 0. The molecule has 0 aliphatic rings. The van der Waals surface area contributed by atoms with Gasteiger partial charge in [-0.1, -0.05) is 24.0 Å². The number of nitrogens with one attached hydrogen (secondary N) is 1. The molecule has 0 fully saturated rings. The molecule has 0 saturated heterocycles. The van der Waals surface area contributed by atoms with Crippen molar-refractivity contribution in [1.29, 1.82) is 0 Å². The topological polar surface area (TPSA) is 72.5 Å². The number of carbonyl (C=O) groups excluding carboxylic acids is 1. The number of benzene rings is 2. The van der Waals surface area contributed by atoms with Crippen molar-refractivity contribution in [2.45, 2.75) is 11.8 Å². The van der Waals surface area contributed by atoms with Gasteiger partial charge in [0.1, 0.15) is 5.75 Å². The third-order valence-electron chi connectivity index (χ3n) is 3.24. The third kappa shape index (κ3) is 4.69. The Kier molecular flexibility index (Phi) is 5.74. The third-order valence-corrected chi connectivity index (χ3v) is 4.66. The average Bonchev–Trinajstić information content (AvgIpc) is 2.59. The van der Waals surface area contributed by atoms with Crippen LogP contribution in [0.15, 0.2) is 53.4 Å². The van der Waals surface area contributed by atoms with E-state index < -0.39 is 10.0 Å². The summed E-state index contributed by atoms with van der Waals surface area (Å²) < 4.78 is 31.7. The van der Waals surface area contributed by atoms with Gasteiger partial charge < -0.3 is 4.74 Å². The molecule has 0 spiro atoms. The first-order chi connectivity index (χ1) is 11.4. The fraction of sp³-hybridized carbons (Fsp3) is 0.167. The van der Waals surface area contributed by atoms with Crippen LogP contribution in [0.5, 0.6) is 5.75 Å². The minimum atomic E-state index is -3.65. The second-order valence-corrected chi connectivity index (χ2v) is 6.70. The van der Waals surface area contributed by atoms with Crippen LogP contribution in [0.2, 0.25) is 0 Å². The zero-order valence-electron chi connectivity index (χ0n) is 13.4. The maximum atomic E-state index is 12.1. The molecule has 0 heterocycles. The lowest BCUT2D eigenvalue weighted by molar-refractivity contribution is 0.101. The van der Waals surface area contributed by atoms with Gasteiger partial charge in [0.2, 0.25) is 10.0 Å². The first kappa shape index (κ1) is 17.7. The summed E-state index contributed by atoms with van der Waals surface area (Å²) in [7, 11) is -2.07. The lowest BCUT2D eigenvalue weighted by atomic mass is 10.2. The fourth-order valence-corrected chi connectivity index (χ4v) is 2.83. The number of rotatable bonds is 5. The van der Waals surface area contributed by atoms with Crippen LogP contribution in [0.1, 0.15) is 22.8 Å². The van der Waals surface area contributed by atoms with Crippen molar-refractivity contribution in [3.05, 3.63) is 59.7 Å². The molecule has 0 unspecified atom stereocenters. The van der Waals surface area contributed by atoms with Gasteiger partial charge in [-0.15, -0.1) is 0 Å². The normalized spacial score (nSPS) is 10.6. The van der Waals surface area contributed by atoms with Gasteiger partial charge in [0.05, 0.1) is 18.6 Å². The van der Waals surface area contributed by atoms with Gasteiger partial charge in [-0.05, 0) is 43.3 Å². The monoisotopic (exact) mass is 343 g/mol. The van der Waals surface area contributed by atoms with E-state index in [-0.39, 0.29) is 17.2 Å². The van der Waals surface area contributed by atoms with Crippen molar-refractivity contribution in [3.8, 4) is 17.6 Å². The molecule has 0 amide bonds. The van der Waals surface area contributed by atoms with Gasteiger partial charge in [0.15, 0.2) is 5.78 Å². The van der Waals surface area contributed by atoms with Crippen LogP contribution in [0.3, 0.4) is 0 Å². The molecular formula is C18H17NO4S. The molecule has 5 nitrogen and oxygen atoms in total. The Morgan fingerprint density at radius 1 is 1.08 bits per heavy atom. The highest BCUT2D eigenvalue weighted by molar-refractivity contribution is 7.89. The van der Waals surface area contributed by atoms with Gasteiger partial charge in [-0.2, -0.15) is 4.72 Å². The Hall–Kier alpha value is -2.62. The number of methoxy groups -OCH3 is 1. The van der Waals surface area contributed by atoms with Gasteiger partial charge in [0.25, 0.3) is 0 Å². The number of hydrogen-bond donors (Lipinski definition) is 1. The fourth-order valence-electron chi connectivity index (χ4n) is 1.90. The van der Waals surface area contributed by atoms with E-state index in [2.05, 4.69) is 16.6 Å². The van der Waals surface area contributed by atoms with Crippen LogP contribution >= 0.6 is 0 Å². The van der Waals surface area contributed by atoms with Crippen molar-refractivity contribution < 1.29 is 17.9 Å². The number of sulfonamides is 1. The Balaban J connectivity index is 2.00. The number of hydrogen-bond acceptors (Lipinski definition) is 4. The summed E-state index contributed by atoms with van der Waals surface area (Å²) in [6.45, 7) is 1.42. The first-order valence-electron chi connectivity index (χ1n) is 7.16. The molecule has 24 heavy (non-hydrogen) atoms. The Morgan fingerprint density at radius 3 is 2.25 bits per heavy atom. The van der Waals surface area contributed by atoms with Crippen molar-refractivity contribution in [2.75, 3.05) is 13.7 Å². The van der Waals surface area contributed by atoms with Crippen molar-refractivity contribution in [2.24, 2.45) is 0 Å². The Bertz CT molecular complexity index is 873. The molecule has 124 valence electrons. The average molecular weight is 343 g/mol. The molecule has 0 atom stereocenters. The molecule has 0 aromatic heterocycles. The predicted octanol–water partition coefficient (Wildman–Crippen LogP) is 2.23. The molecule has 2 aromatic rings. The number of ether oxygens (including phenoxy) is 1. The summed E-state index contributed by atoms with van der Waals surface area (Å²) in [6.07, 6.45) is 0. The summed E-state index contributed by atoms with van der Waals surface area (Å²) in [5.74, 6) is 6.24. The zero-order chi connectivity index (χ0) is 17.6. The molecular weight excluding hydrogens is 326 g/mol. The van der Waals surface area contributed by atoms with Gasteiger partial charge >= 0.3 is 0 Å². The van der Waals surface area contributed by atoms with Crippen LogP contribution in [0, 0.1) is 11.8 Å². The van der Waals surface area contributed by atoms with E-state index in [0.29, 0.717) is 5.56 Å². The lowest BCUT2D eigenvalue weighted by Gasteiger charge is -2.04. The maximum Gasteiger partial charge on any atom is 0.241 e. The van der Waals surface area contributed by atoms with Crippen LogP contribution in [-0.2, 0) is 10.0 Å². The molecule has 0 bridgehead atoms. The van der Waals surface area contributed by atoms with E-state index in [9.17, 15) is 13.2 Å². The first-order valence-corrected chi connectivity index (χ1v) is 8.64. The van der Waals surface area contributed by atoms with Crippen LogP contribution in [-0.4, -0.2) is 27.9 Å². The second kappa shape index (κ2) is 7.77. The molecule has 2 rings (SSSR count). The van der Waals surface area contributed by atoms with Crippen LogP contribution < -0.4 is 9.46 Å². The van der Waals surface area contributed by atoms with Crippen molar-refractivity contribution in [3.63, 3.8) is 0 Å². The highest BCUT2D eigenvalue weighted by Crippen LogP contribution is 2.11. The van der Waals surface area contributed by atoms with E-state index in [4.69, 9.17) is 4.74 Å². The largest absolute Gasteiger partial charge is 0.497 e. The number of Topliss-reactive ketones (excluding diaryl/α,β-unsaturated/α-hetero) is 1. The predicted molar refractivity (Wildman–Crippen MR) is 91.5 cm³/mol. The summed E-state index contributed by atoms with van der Waals surface area (Å²) in [5, 5.41) is 0. The summed E-state index contributed by atoms with van der Waals surface area (Å²) in [6, 6.07) is 12.9. The van der Waals surface area contributed by atoms with Crippen molar-refractivity contribution in [1.82, 2.24) is 4.72 Å². The molecule has 1 N–H and O–H groups in total. The van der Waals surface area contributed by atoms with E-state index in [0.717, 1.165) is 11.3 Å². The summed E-state index contributed by atoms with van der Waals surface area (Å²) in [5.41, 5.74) is 1.23. The molecule has 6 heteroatoms. The smallest absolute Gasteiger partial charge is 0.241 e. The lowest BCUT2D eigenvalue weighted by Crippen LogP contribution is -2.24. The Morgan fingerprint density at radius 2 is 1.71 bits per heavy atom. The van der Waals surface area contributed by atoms with Crippen LogP contribution in [0.4, 0.5) is 0 Å². The summed E-state index contributed by atoms with van der Waals surface area (Å²) in [4.78, 5) is 11.3. The van der Waals surface area contributed by atoms with Crippen LogP contribution in [0.25, 0.3) is 0 Å². The van der Waals surface area contributed by atoms with Crippen molar-refractivity contribution >= 4 is 15.8 Å². The van der Waals surface area contributed by atoms with E-state index in [1.807, 2.05) is 0 Å². The molecule has 0 aliphatic carbocycles. The molecule has 0 radical (unpaired) electrons. The molecule has 0 aliphatic heterocycles. The Labute approximate surface area is 141 Å². The highest BCUT2D eigenvalue weighted by atomic mass is 32.2. The number of carbonyl (C=O) groups is 1. The number of ketones is 1. The zero-order valence-corrected chi connectivity index (χ0v) is 14.2. The SMILES string of the molecule is COc1ccc(C#CCNS(=O)(=O)c2ccc(C(C)=O)cc2)cc1. The minimum Gasteiger partial charge on any atom is -0.497 e. The quantitative estimate of drug-likeness (QED) is 0.667. The minimum absolute atomic E-state index is 0.0111. The molecule has 2 aromatic carbocycles. The maximum absolute atomic E-state index is 12.1. The highest BCUT2D eigenvalue weighted by Gasteiger charge is 2.12. The van der Waals surface area contributed by atoms with Gasteiger partial charge in [0, 0.05) is 11.1 Å². The second-order valence-electron chi connectivity index (χ2n) is 4.94. The van der Waals surface area contributed by atoms with Gasteiger partial charge in [-0.25, -0.2) is 8.42 Å². The van der Waals surface area contributed by atoms with E-state index >= 15 is 0 Å². The van der Waals surface area contributed by atoms with E-state index in [1.54, 1.807) is 31.4 Å². The van der Waals surface area contributed by atoms with E-state index in [1.165, 1.54) is 31.2 Å².